The number of anilines is 2. The number of hydrogen-bond acceptors (Lipinski definition) is 8. The fourth-order valence-corrected chi connectivity index (χ4v) is 2.13. The molecule has 0 saturated carbocycles. The van der Waals surface area contributed by atoms with E-state index in [-0.39, 0.29) is 11.5 Å². The van der Waals surface area contributed by atoms with Crippen LogP contribution in [0, 0.1) is 0 Å². The van der Waals surface area contributed by atoms with Crippen molar-refractivity contribution in [1.29, 1.82) is 0 Å². The minimum atomic E-state index is -0.203. The van der Waals surface area contributed by atoms with Gasteiger partial charge in [-0.2, -0.15) is 24.7 Å². The Morgan fingerprint density at radius 2 is 2.05 bits per heavy atom. The van der Waals surface area contributed by atoms with Gasteiger partial charge < -0.3 is 15.4 Å². The van der Waals surface area contributed by atoms with Crippen molar-refractivity contribution in [2.75, 3.05) is 30.4 Å². The van der Waals surface area contributed by atoms with Crippen molar-refractivity contribution in [3.63, 3.8) is 0 Å². The van der Waals surface area contributed by atoms with Crippen LogP contribution in [0.1, 0.15) is 13.8 Å². The fraction of sp³-hybridized carbons (Fsp3) is 0.545. The zero-order valence-corrected chi connectivity index (χ0v) is 11.4. The summed E-state index contributed by atoms with van der Waals surface area (Å²) < 4.78 is 6.95. The minimum absolute atomic E-state index is 0.155. The molecule has 106 valence electrons. The van der Waals surface area contributed by atoms with E-state index in [9.17, 15) is 0 Å². The van der Waals surface area contributed by atoms with E-state index in [1.54, 1.807) is 0 Å². The Morgan fingerprint density at radius 1 is 1.25 bits per heavy atom. The molecule has 20 heavy (non-hydrogen) atoms. The summed E-state index contributed by atoms with van der Waals surface area (Å²) in [5, 5.41) is 4.00. The molecule has 1 saturated heterocycles. The second-order valence-electron chi connectivity index (χ2n) is 5.15. The van der Waals surface area contributed by atoms with Crippen molar-refractivity contribution in [1.82, 2.24) is 29.7 Å². The molecular weight excluding hydrogens is 260 g/mol. The van der Waals surface area contributed by atoms with Crippen LogP contribution in [-0.4, -0.2) is 55.0 Å². The molecule has 2 N–H and O–H groups in total. The lowest BCUT2D eigenvalue weighted by Gasteiger charge is -2.42. The maximum atomic E-state index is 5.78. The average Bonchev–Trinajstić information content (AvgIpc) is 2.91. The normalized spacial score (nSPS) is 18.2. The Morgan fingerprint density at radius 3 is 2.75 bits per heavy atom. The van der Waals surface area contributed by atoms with Gasteiger partial charge in [-0.1, -0.05) is 0 Å². The van der Waals surface area contributed by atoms with Crippen LogP contribution in [0.2, 0.25) is 0 Å². The van der Waals surface area contributed by atoms with E-state index >= 15 is 0 Å². The molecule has 0 radical (unpaired) electrons. The molecule has 0 unspecified atom stereocenters. The van der Waals surface area contributed by atoms with Crippen molar-refractivity contribution >= 4 is 11.9 Å². The first-order valence-corrected chi connectivity index (χ1v) is 6.28. The van der Waals surface area contributed by atoms with Crippen molar-refractivity contribution in [2.24, 2.45) is 0 Å². The Labute approximate surface area is 115 Å². The van der Waals surface area contributed by atoms with Gasteiger partial charge in [-0.05, 0) is 13.8 Å². The molecule has 0 bridgehead atoms. The molecule has 0 atom stereocenters. The predicted octanol–water partition coefficient (Wildman–Crippen LogP) is -0.350. The number of aromatic nitrogens is 6. The number of nitrogen functional groups attached to an aromatic ring is 1. The van der Waals surface area contributed by atoms with E-state index in [0.29, 0.717) is 31.7 Å². The van der Waals surface area contributed by atoms with E-state index in [1.807, 2.05) is 0 Å². The SMILES string of the molecule is CC1(C)COCCN1c1nc(N)nc(-n2cncn2)n1. The van der Waals surface area contributed by atoms with E-state index in [2.05, 4.69) is 43.8 Å². The third-order valence-electron chi connectivity index (χ3n) is 3.14. The number of morpholine rings is 1. The van der Waals surface area contributed by atoms with Crippen LogP contribution >= 0.6 is 0 Å². The van der Waals surface area contributed by atoms with Crippen molar-refractivity contribution in [3.8, 4) is 5.95 Å². The summed E-state index contributed by atoms with van der Waals surface area (Å²) >= 11 is 0. The van der Waals surface area contributed by atoms with Gasteiger partial charge in [0, 0.05) is 6.54 Å². The van der Waals surface area contributed by atoms with Gasteiger partial charge in [0.2, 0.25) is 11.9 Å². The highest BCUT2D eigenvalue weighted by atomic mass is 16.5. The molecule has 9 heteroatoms. The first kappa shape index (κ1) is 12.7. The van der Waals surface area contributed by atoms with E-state index in [1.165, 1.54) is 17.3 Å². The van der Waals surface area contributed by atoms with Gasteiger partial charge in [0.25, 0.3) is 5.95 Å². The zero-order chi connectivity index (χ0) is 14.2. The van der Waals surface area contributed by atoms with Crippen LogP contribution < -0.4 is 10.6 Å². The van der Waals surface area contributed by atoms with Gasteiger partial charge in [-0.3, -0.25) is 0 Å². The number of hydrogen-bond donors (Lipinski definition) is 1. The highest BCUT2D eigenvalue weighted by Crippen LogP contribution is 2.24. The molecular formula is C11H16N8O. The second kappa shape index (κ2) is 4.67. The molecule has 0 aromatic carbocycles. The molecule has 0 aliphatic carbocycles. The molecule has 2 aromatic rings. The first-order chi connectivity index (χ1) is 9.56. The zero-order valence-electron chi connectivity index (χ0n) is 11.4. The van der Waals surface area contributed by atoms with Crippen molar-refractivity contribution in [2.45, 2.75) is 19.4 Å². The topological polar surface area (TPSA) is 108 Å². The second-order valence-corrected chi connectivity index (χ2v) is 5.15. The van der Waals surface area contributed by atoms with Gasteiger partial charge in [0.05, 0.1) is 18.8 Å². The molecule has 1 fully saturated rings. The third kappa shape index (κ3) is 2.27. The number of rotatable bonds is 2. The molecule has 0 spiro atoms. The monoisotopic (exact) mass is 276 g/mol. The molecule has 0 amide bonds. The minimum Gasteiger partial charge on any atom is -0.377 e. The van der Waals surface area contributed by atoms with Crippen LogP contribution in [-0.2, 0) is 4.74 Å². The van der Waals surface area contributed by atoms with Gasteiger partial charge in [-0.25, -0.2) is 4.98 Å². The van der Waals surface area contributed by atoms with Crippen molar-refractivity contribution < 1.29 is 4.74 Å². The van der Waals surface area contributed by atoms with Gasteiger partial charge >= 0.3 is 0 Å². The molecule has 9 nitrogen and oxygen atoms in total. The van der Waals surface area contributed by atoms with E-state index in [4.69, 9.17) is 10.5 Å². The summed E-state index contributed by atoms with van der Waals surface area (Å²) in [5.41, 5.74) is 5.58. The number of ether oxygens (including phenoxy) is 1. The Hall–Kier alpha value is -2.29. The highest BCUT2D eigenvalue weighted by Gasteiger charge is 2.33. The molecule has 1 aliphatic rings. The maximum absolute atomic E-state index is 5.78. The van der Waals surface area contributed by atoms with Crippen LogP contribution in [0.3, 0.4) is 0 Å². The lowest BCUT2D eigenvalue weighted by Crippen LogP contribution is -2.54. The number of nitrogens with two attached hydrogens (primary N) is 1. The van der Waals surface area contributed by atoms with E-state index in [0.717, 1.165) is 0 Å². The molecule has 3 heterocycles. The first-order valence-electron chi connectivity index (χ1n) is 6.28. The lowest BCUT2D eigenvalue weighted by molar-refractivity contribution is 0.0633. The Bertz CT molecular complexity index is 596. The summed E-state index contributed by atoms with van der Waals surface area (Å²) in [4.78, 5) is 18.7. The standard InChI is InChI=1S/C11H16N8O/c1-11(2)5-20-4-3-18(11)9-15-8(12)16-10(17-9)19-7-13-6-14-19/h6-7H,3-5H2,1-2H3,(H2,12,15,16,17). The summed E-state index contributed by atoms with van der Waals surface area (Å²) in [5.74, 6) is 1.03. The third-order valence-corrected chi connectivity index (χ3v) is 3.14. The molecule has 3 rings (SSSR count). The average molecular weight is 276 g/mol. The van der Waals surface area contributed by atoms with Gasteiger partial charge in [0.1, 0.15) is 12.7 Å². The summed E-state index contributed by atoms with van der Waals surface area (Å²) in [6.07, 6.45) is 2.93. The smallest absolute Gasteiger partial charge is 0.258 e. The van der Waals surface area contributed by atoms with Crippen LogP contribution in [0.5, 0.6) is 0 Å². The van der Waals surface area contributed by atoms with Crippen LogP contribution in [0.25, 0.3) is 5.95 Å². The van der Waals surface area contributed by atoms with Gasteiger partial charge in [-0.15, -0.1) is 0 Å². The largest absolute Gasteiger partial charge is 0.377 e. The maximum Gasteiger partial charge on any atom is 0.258 e. The summed E-state index contributed by atoms with van der Waals surface area (Å²) in [6, 6.07) is 0. The predicted molar refractivity (Wildman–Crippen MR) is 71.4 cm³/mol. The Kier molecular flexibility index (Phi) is 2.97. The van der Waals surface area contributed by atoms with Crippen molar-refractivity contribution in [3.05, 3.63) is 12.7 Å². The van der Waals surface area contributed by atoms with Crippen LogP contribution in [0.15, 0.2) is 12.7 Å². The van der Waals surface area contributed by atoms with Gasteiger partial charge in [0.15, 0.2) is 0 Å². The quantitative estimate of drug-likeness (QED) is 0.793. The fourth-order valence-electron chi connectivity index (χ4n) is 2.13. The highest BCUT2D eigenvalue weighted by molar-refractivity contribution is 5.40. The summed E-state index contributed by atoms with van der Waals surface area (Å²) in [6.45, 7) is 6.08. The Balaban J connectivity index is 2.01. The molecule has 2 aromatic heterocycles. The molecule has 1 aliphatic heterocycles. The number of nitrogens with zero attached hydrogens (tertiary/aromatic N) is 7. The van der Waals surface area contributed by atoms with Crippen LogP contribution in [0.4, 0.5) is 11.9 Å². The summed E-state index contributed by atoms with van der Waals surface area (Å²) in [7, 11) is 0. The van der Waals surface area contributed by atoms with E-state index < -0.39 is 0 Å². The lowest BCUT2D eigenvalue weighted by atomic mass is 10.0.